The molecule has 0 aliphatic carbocycles. The van der Waals surface area contributed by atoms with Gasteiger partial charge in [-0.1, -0.05) is 18.2 Å². The predicted molar refractivity (Wildman–Crippen MR) is 103 cm³/mol. The number of rotatable bonds is 4. The average Bonchev–Trinajstić information content (AvgIpc) is 3.20. The van der Waals surface area contributed by atoms with E-state index in [1.807, 2.05) is 35.2 Å². The summed E-state index contributed by atoms with van der Waals surface area (Å²) in [6, 6.07) is 11.7. The Hall–Kier alpha value is -3.73. The summed E-state index contributed by atoms with van der Waals surface area (Å²) in [6.45, 7) is 1.37. The van der Waals surface area contributed by atoms with Crippen molar-refractivity contribution in [3.05, 3.63) is 65.9 Å². The van der Waals surface area contributed by atoms with E-state index in [2.05, 4.69) is 21.1 Å². The van der Waals surface area contributed by atoms with Gasteiger partial charge in [-0.25, -0.2) is 14.6 Å². The SMILES string of the molecule is N#Cc1nccnc1N1CCC[C@@H](c2nn(-c3ccccc3)cc2C(N)=O)C1. The maximum absolute atomic E-state index is 12.1. The third kappa shape index (κ3) is 3.30. The zero-order valence-corrected chi connectivity index (χ0v) is 15.2. The lowest BCUT2D eigenvalue weighted by atomic mass is 9.92. The Balaban J connectivity index is 1.68. The molecule has 3 aromatic rings. The van der Waals surface area contributed by atoms with Crippen molar-refractivity contribution in [2.75, 3.05) is 18.0 Å². The Labute approximate surface area is 162 Å². The van der Waals surface area contributed by atoms with Crippen molar-refractivity contribution >= 4 is 11.7 Å². The molecule has 0 unspecified atom stereocenters. The van der Waals surface area contributed by atoms with Crippen LogP contribution in [0.3, 0.4) is 0 Å². The molecule has 1 saturated heterocycles. The molecule has 1 amide bonds. The second kappa shape index (κ2) is 7.48. The van der Waals surface area contributed by atoms with E-state index in [1.54, 1.807) is 17.1 Å². The number of aromatic nitrogens is 4. The fraction of sp³-hybridized carbons (Fsp3) is 0.250. The van der Waals surface area contributed by atoms with Gasteiger partial charge in [-0.05, 0) is 25.0 Å². The van der Waals surface area contributed by atoms with E-state index in [-0.39, 0.29) is 5.92 Å². The third-order valence-electron chi connectivity index (χ3n) is 4.92. The summed E-state index contributed by atoms with van der Waals surface area (Å²) in [7, 11) is 0. The maximum Gasteiger partial charge on any atom is 0.252 e. The number of nitrogens with zero attached hydrogens (tertiary/aromatic N) is 6. The summed E-state index contributed by atoms with van der Waals surface area (Å²) in [6.07, 6.45) is 6.55. The molecule has 1 aromatic carbocycles. The van der Waals surface area contributed by atoms with Crippen LogP contribution < -0.4 is 10.6 Å². The van der Waals surface area contributed by atoms with Gasteiger partial charge in [-0.3, -0.25) is 4.79 Å². The molecule has 4 rings (SSSR count). The number of anilines is 1. The van der Waals surface area contributed by atoms with Gasteiger partial charge in [0.2, 0.25) is 0 Å². The van der Waals surface area contributed by atoms with Crippen molar-refractivity contribution in [1.29, 1.82) is 5.26 Å². The van der Waals surface area contributed by atoms with Gasteiger partial charge >= 0.3 is 0 Å². The van der Waals surface area contributed by atoms with E-state index in [4.69, 9.17) is 5.73 Å². The van der Waals surface area contributed by atoms with Gasteiger partial charge in [0.15, 0.2) is 11.5 Å². The number of benzene rings is 1. The molecule has 140 valence electrons. The molecule has 0 spiro atoms. The number of piperidine rings is 1. The van der Waals surface area contributed by atoms with Crippen LogP contribution in [0, 0.1) is 11.3 Å². The molecule has 1 aliphatic rings. The van der Waals surface area contributed by atoms with Gasteiger partial charge in [-0.2, -0.15) is 10.4 Å². The first-order chi connectivity index (χ1) is 13.7. The smallest absolute Gasteiger partial charge is 0.252 e. The molecule has 3 heterocycles. The average molecular weight is 373 g/mol. The zero-order chi connectivity index (χ0) is 19.5. The standard InChI is InChI=1S/C20H19N7O/c21-11-17-20(24-9-8-23-17)26-10-4-5-14(12-26)18-16(19(22)28)13-27(25-18)15-6-2-1-3-7-15/h1-3,6-9,13-14H,4-5,10,12H2,(H2,22,28)/t14-/m1/s1. The van der Waals surface area contributed by atoms with Crippen LogP contribution in [-0.2, 0) is 0 Å². The molecule has 2 N–H and O–H groups in total. The van der Waals surface area contributed by atoms with Crippen LogP contribution in [0.2, 0.25) is 0 Å². The predicted octanol–water partition coefficient (Wildman–Crippen LogP) is 2.02. The maximum atomic E-state index is 12.1. The van der Waals surface area contributed by atoms with Crippen molar-refractivity contribution in [2.24, 2.45) is 5.73 Å². The lowest BCUT2D eigenvalue weighted by Gasteiger charge is -2.33. The topological polar surface area (TPSA) is 114 Å². The fourth-order valence-corrected chi connectivity index (χ4v) is 3.63. The summed E-state index contributed by atoms with van der Waals surface area (Å²) >= 11 is 0. The van der Waals surface area contributed by atoms with Gasteiger partial charge in [0, 0.05) is 37.6 Å². The molecule has 8 nitrogen and oxygen atoms in total. The Morgan fingerprint density at radius 3 is 2.75 bits per heavy atom. The lowest BCUT2D eigenvalue weighted by Crippen LogP contribution is -2.36. The van der Waals surface area contributed by atoms with Gasteiger partial charge in [0.05, 0.1) is 16.9 Å². The number of carbonyl (C=O) groups excluding carboxylic acids is 1. The van der Waals surface area contributed by atoms with E-state index < -0.39 is 5.91 Å². The summed E-state index contributed by atoms with van der Waals surface area (Å²) < 4.78 is 1.69. The Morgan fingerprint density at radius 1 is 1.21 bits per heavy atom. The first kappa shape index (κ1) is 17.7. The largest absolute Gasteiger partial charge is 0.365 e. The van der Waals surface area contributed by atoms with Crippen molar-refractivity contribution in [2.45, 2.75) is 18.8 Å². The number of para-hydroxylation sites is 1. The van der Waals surface area contributed by atoms with Gasteiger partial charge in [0.25, 0.3) is 5.91 Å². The molecule has 1 atom stereocenters. The van der Waals surface area contributed by atoms with Crippen LogP contribution in [0.1, 0.15) is 40.5 Å². The molecule has 2 aromatic heterocycles. The Kier molecular flexibility index (Phi) is 4.72. The number of nitriles is 1. The molecule has 8 heteroatoms. The summed E-state index contributed by atoms with van der Waals surface area (Å²) in [4.78, 5) is 22.5. The highest BCUT2D eigenvalue weighted by atomic mass is 16.1. The highest BCUT2D eigenvalue weighted by Gasteiger charge is 2.29. The van der Waals surface area contributed by atoms with E-state index in [9.17, 15) is 10.1 Å². The summed E-state index contributed by atoms with van der Waals surface area (Å²) in [5, 5.41) is 14.0. The first-order valence-electron chi connectivity index (χ1n) is 9.08. The number of hydrogen-bond acceptors (Lipinski definition) is 6. The lowest BCUT2D eigenvalue weighted by molar-refractivity contribution is 0.0999. The van der Waals surface area contributed by atoms with E-state index in [0.717, 1.165) is 25.1 Å². The molecular weight excluding hydrogens is 354 g/mol. The number of primary amides is 1. The second-order valence-corrected chi connectivity index (χ2v) is 6.70. The molecule has 0 radical (unpaired) electrons. The summed E-state index contributed by atoms with van der Waals surface area (Å²) in [5.41, 5.74) is 7.91. The van der Waals surface area contributed by atoms with Crippen LogP contribution >= 0.6 is 0 Å². The molecule has 0 bridgehead atoms. The van der Waals surface area contributed by atoms with Gasteiger partial charge in [-0.15, -0.1) is 0 Å². The fourth-order valence-electron chi connectivity index (χ4n) is 3.63. The first-order valence-corrected chi connectivity index (χ1v) is 9.08. The highest BCUT2D eigenvalue weighted by molar-refractivity contribution is 5.94. The third-order valence-corrected chi connectivity index (χ3v) is 4.92. The van der Waals surface area contributed by atoms with Crippen molar-refractivity contribution < 1.29 is 4.79 Å². The Bertz CT molecular complexity index is 1040. The van der Waals surface area contributed by atoms with Crippen LogP contribution in [0.4, 0.5) is 5.82 Å². The van der Waals surface area contributed by atoms with E-state index in [1.165, 1.54) is 6.20 Å². The van der Waals surface area contributed by atoms with Crippen molar-refractivity contribution in [1.82, 2.24) is 19.7 Å². The normalized spacial score (nSPS) is 16.5. The minimum absolute atomic E-state index is 0.00904. The quantitative estimate of drug-likeness (QED) is 0.748. The van der Waals surface area contributed by atoms with E-state index >= 15 is 0 Å². The number of nitrogens with two attached hydrogens (primary N) is 1. The van der Waals surface area contributed by atoms with E-state index in [0.29, 0.717) is 29.3 Å². The highest BCUT2D eigenvalue weighted by Crippen LogP contribution is 2.31. The molecular formula is C20H19N7O. The van der Waals surface area contributed by atoms with Crippen molar-refractivity contribution in [3.8, 4) is 11.8 Å². The number of carbonyl (C=O) groups is 1. The molecule has 0 saturated carbocycles. The van der Waals surface area contributed by atoms with Crippen LogP contribution in [0.15, 0.2) is 48.9 Å². The minimum atomic E-state index is -0.494. The van der Waals surface area contributed by atoms with Crippen LogP contribution in [0.5, 0.6) is 0 Å². The van der Waals surface area contributed by atoms with Crippen LogP contribution in [-0.4, -0.2) is 38.7 Å². The number of amides is 1. The van der Waals surface area contributed by atoms with Gasteiger partial charge < -0.3 is 10.6 Å². The second-order valence-electron chi connectivity index (χ2n) is 6.70. The summed E-state index contributed by atoms with van der Waals surface area (Å²) in [5.74, 6) is 0.0825. The molecule has 1 aliphatic heterocycles. The zero-order valence-electron chi connectivity index (χ0n) is 15.2. The van der Waals surface area contributed by atoms with Gasteiger partial charge in [0.1, 0.15) is 6.07 Å². The molecule has 28 heavy (non-hydrogen) atoms. The van der Waals surface area contributed by atoms with Crippen LogP contribution in [0.25, 0.3) is 5.69 Å². The monoisotopic (exact) mass is 373 g/mol. The number of hydrogen-bond donors (Lipinski definition) is 1. The molecule has 1 fully saturated rings. The Morgan fingerprint density at radius 2 is 2.00 bits per heavy atom. The van der Waals surface area contributed by atoms with Crippen molar-refractivity contribution in [3.63, 3.8) is 0 Å². The minimum Gasteiger partial charge on any atom is -0.365 e.